The molecule has 1 unspecified atom stereocenters. The first-order valence-electron chi connectivity index (χ1n) is 6.42. The number of ether oxygens (including phenoxy) is 1. The largest absolute Gasteiger partial charge is 0.481 e. The lowest BCUT2D eigenvalue weighted by Gasteiger charge is -2.39. The molecule has 1 amide bonds. The van der Waals surface area contributed by atoms with Gasteiger partial charge < -0.3 is 20.5 Å². The van der Waals surface area contributed by atoms with Crippen molar-refractivity contribution >= 4 is 11.9 Å². The van der Waals surface area contributed by atoms with Gasteiger partial charge in [-0.1, -0.05) is 0 Å². The van der Waals surface area contributed by atoms with Crippen LogP contribution in [0, 0.1) is 5.92 Å². The summed E-state index contributed by atoms with van der Waals surface area (Å²) in [5.41, 5.74) is 5.27. The molecule has 2 rings (SSSR count). The molecule has 2 fully saturated rings. The summed E-state index contributed by atoms with van der Waals surface area (Å²) in [7, 11) is 0. The van der Waals surface area contributed by atoms with Crippen molar-refractivity contribution in [2.75, 3.05) is 26.3 Å². The van der Waals surface area contributed by atoms with E-state index in [0.717, 1.165) is 6.42 Å². The zero-order valence-corrected chi connectivity index (χ0v) is 10.4. The highest BCUT2D eigenvalue weighted by Crippen LogP contribution is 2.24. The van der Waals surface area contributed by atoms with Crippen LogP contribution < -0.4 is 5.73 Å². The molecule has 2 heterocycles. The molecule has 2 aliphatic heterocycles. The lowest BCUT2D eigenvalue weighted by Crippen LogP contribution is -2.59. The van der Waals surface area contributed by atoms with Crippen LogP contribution >= 0.6 is 0 Å². The number of carbonyl (C=O) groups is 2. The molecule has 102 valence electrons. The van der Waals surface area contributed by atoms with Crippen LogP contribution in [0.15, 0.2) is 0 Å². The Morgan fingerprint density at radius 1 is 1.33 bits per heavy atom. The zero-order valence-electron chi connectivity index (χ0n) is 10.4. The van der Waals surface area contributed by atoms with Gasteiger partial charge in [0.2, 0.25) is 5.91 Å². The van der Waals surface area contributed by atoms with Crippen LogP contribution in [0.25, 0.3) is 0 Å². The third-order valence-corrected chi connectivity index (χ3v) is 3.87. The summed E-state index contributed by atoms with van der Waals surface area (Å²) in [4.78, 5) is 25.0. The Labute approximate surface area is 106 Å². The van der Waals surface area contributed by atoms with E-state index in [4.69, 9.17) is 15.6 Å². The molecule has 0 aromatic carbocycles. The Hall–Kier alpha value is -1.14. The topological polar surface area (TPSA) is 92.9 Å². The smallest absolute Gasteiger partial charge is 0.308 e. The third kappa shape index (κ3) is 2.64. The molecule has 0 aliphatic carbocycles. The van der Waals surface area contributed by atoms with Gasteiger partial charge in [-0.15, -0.1) is 0 Å². The van der Waals surface area contributed by atoms with Crippen molar-refractivity contribution in [3.8, 4) is 0 Å². The normalized spacial score (nSPS) is 27.8. The first-order chi connectivity index (χ1) is 8.53. The Morgan fingerprint density at radius 3 is 2.61 bits per heavy atom. The molecule has 6 nitrogen and oxygen atoms in total. The predicted octanol–water partition coefficient (Wildman–Crippen LogP) is -0.182. The Kier molecular flexibility index (Phi) is 3.87. The second-order valence-electron chi connectivity index (χ2n) is 5.20. The maximum Gasteiger partial charge on any atom is 0.308 e. The molecular weight excluding hydrogens is 236 g/mol. The standard InChI is InChI=1S/C12H20N2O4/c13-12(3-6-18-7-4-12)11(17)14-5-1-2-9(8-14)10(15)16/h9H,1-8,13H2,(H,15,16). The zero-order chi connectivity index (χ0) is 13.2. The fraction of sp³-hybridized carbons (Fsp3) is 0.833. The average molecular weight is 256 g/mol. The quantitative estimate of drug-likeness (QED) is 0.714. The minimum Gasteiger partial charge on any atom is -0.481 e. The molecule has 18 heavy (non-hydrogen) atoms. The average Bonchev–Trinajstić information content (AvgIpc) is 2.39. The molecule has 0 bridgehead atoms. The second-order valence-corrected chi connectivity index (χ2v) is 5.20. The summed E-state index contributed by atoms with van der Waals surface area (Å²) >= 11 is 0. The maximum absolute atomic E-state index is 12.4. The van der Waals surface area contributed by atoms with E-state index in [1.54, 1.807) is 4.90 Å². The number of likely N-dealkylation sites (tertiary alicyclic amines) is 1. The molecule has 6 heteroatoms. The first kappa shape index (κ1) is 13.3. The maximum atomic E-state index is 12.4. The summed E-state index contributed by atoms with van der Waals surface area (Å²) < 4.78 is 5.22. The van der Waals surface area contributed by atoms with E-state index in [-0.39, 0.29) is 12.5 Å². The van der Waals surface area contributed by atoms with Crippen molar-refractivity contribution in [2.24, 2.45) is 11.7 Å². The number of piperidine rings is 1. The van der Waals surface area contributed by atoms with E-state index in [9.17, 15) is 9.59 Å². The number of amides is 1. The van der Waals surface area contributed by atoms with E-state index in [2.05, 4.69) is 0 Å². The minimum atomic E-state index is -0.862. The molecular formula is C12H20N2O4. The number of aliphatic carboxylic acids is 1. The number of carbonyl (C=O) groups excluding carboxylic acids is 1. The van der Waals surface area contributed by atoms with Gasteiger partial charge in [0.05, 0.1) is 11.5 Å². The molecule has 0 aromatic heterocycles. The highest BCUT2D eigenvalue weighted by molar-refractivity contribution is 5.87. The third-order valence-electron chi connectivity index (χ3n) is 3.87. The Bertz CT molecular complexity index is 339. The van der Waals surface area contributed by atoms with Crippen LogP contribution in [-0.4, -0.2) is 53.7 Å². The van der Waals surface area contributed by atoms with E-state index in [0.29, 0.717) is 39.0 Å². The molecule has 3 N–H and O–H groups in total. The van der Waals surface area contributed by atoms with E-state index >= 15 is 0 Å². The van der Waals surface area contributed by atoms with Crippen LogP contribution in [0.4, 0.5) is 0 Å². The van der Waals surface area contributed by atoms with Gasteiger partial charge in [0.1, 0.15) is 0 Å². The van der Waals surface area contributed by atoms with Gasteiger partial charge in [0.15, 0.2) is 0 Å². The van der Waals surface area contributed by atoms with Crippen molar-refractivity contribution in [1.29, 1.82) is 0 Å². The number of rotatable bonds is 2. The van der Waals surface area contributed by atoms with Gasteiger partial charge in [-0.3, -0.25) is 9.59 Å². The Balaban J connectivity index is 2.01. The Morgan fingerprint density at radius 2 is 2.00 bits per heavy atom. The SMILES string of the molecule is NC1(C(=O)N2CCCC(C(=O)O)C2)CCOCC1. The highest BCUT2D eigenvalue weighted by atomic mass is 16.5. The molecule has 0 aromatic rings. The highest BCUT2D eigenvalue weighted by Gasteiger charge is 2.40. The number of hydrogen-bond donors (Lipinski definition) is 2. The summed E-state index contributed by atoms with van der Waals surface area (Å²) in [6.07, 6.45) is 2.40. The van der Waals surface area contributed by atoms with Gasteiger partial charge in [0.25, 0.3) is 0 Å². The van der Waals surface area contributed by atoms with Crippen LogP contribution in [0.2, 0.25) is 0 Å². The van der Waals surface area contributed by atoms with Crippen LogP contribution in [0.3, 0.4) is 0 Å². The van der Waals surface area contributed by atoms with Gasteiger partial charge in [-0.25, -0.2) is 0 Å². The summed E-state index contributed by atoms with van der Waals surface area (Å²) in [5.74, 6) is -1.39. The molecule has 0 saturated carbocycles. The van der Waals surface area contributed by atoms with Crippen LogP contribution in [-0.2, 0) is 14.3 Å². The molecule has 0 spiro atoms. The number of carboxylic acids is 1. The summed E-state index contributed by atoms with van der Waals surface area (Å²) in [5, 5.41) is 9.02. The lowest BCUT2D eigenvalue weighted by molar-refractivity contribution is -0.148. The summed E-state index contributed by atoms with van der Waals surface area (Å²) in [6.45, 7) is 1.90. The number of nitrogens with zero attached hydrogens (tertiary/aromatic N) is 1. The van der Waals surface area contributed by atoms with Crippen molar-refractivity contribution in [3.05, 3.63) is 0 Å². The van der Waals surface area contributed by atoms with E-state index < -0.39 is 17.4 Å². The fourth-order valence-corrected chi connectivity index (χ4v) is 2.63. The monoisotopic (exact) mass is 256 g/mol. The van der Waals surface area contributed by atoms with Gasteiger partial charge in [-0.2, -0.15) is 0 Å². The van der Waals surface area contributed by atoms with E-state index in [1.807, 2.05) is 0 Å². The molecule has 2 aliphatic rings. The van der Waals surface area contributed by atoms with Crippen molar-refractivity contribution in [3.63, 3.8) is 0 Å². The molecule has 0 radical (unpaired) electrons. The lowest BCUT2D eigenvalue weighted by atomic mass is 9.88. The van der Waals surface area contributed by atoms with Gasteiger partial charge in [-0.05, 0) is 25.7 Å². The van der Waals surface area contributed by atoms with Crippen molar-refractivity contribution in [1.82, 2.24) is 4.90 Å². The fourth-order valence-electron chi connectivity index (χ4n) is 2.63. The van der Waals surface area contributed by atoms with Crippen LogP contribution in [0.1, 0.15) is 25.7 Å². The minimum absolute atomic E-state index is 0.114. The predicted molar refractivity (Wildman–Crippen MR) is 63.9 cm³/mol. The summed E-state index contributed by atoms with van der Waals surface area (Å²) in [6, 6.07) is 0. The molecule has 1 atom stereocenters. The number of carboxylic acid groups (broad SMARTS) is 1. The second kappa shape index (κ2) is 5.24. The van der Waals surface area contributed by atoms with Crippen molar-refractivity contribution < 1.29 is 19.4 Å². The van der Waals surface area contributed by atoms with Gasteiger partial charge >= 0.3 is 5.97 Å². The van der Waals surface area contributed by atoms with E-state index in [1.165, 1.54) is 0 Å². The number of nitrogens with two attached hydrogens (primary N) is 1. The van der Waals surface area contributed by atoms with Gasteiger partial charge in [0, 0.05) is 26.3 Å². The number of hydrogen-bond acceptors (Lipinski definition) is 4. The van der Waals surface area contributed by atoms with Crippen LogP contribution in [0.5, 0.6) is 0 Å². The first-order valence-corrected chi connectivity index (χ1v) is 6.42. The van der Waals surface area contributed by atoms with Crippen molar-refractivity contribution in [2.45, 2.75) is 31.2 Å². The molecule has 2 saturated heterocycles.